The molecule has 13 rings (SSSR count). The van der Waals surface area contributed by atoms with E-state index in [0.717, 1.165) is 52.0 Å². The van der Waals surface area contributed by atoms with Gasteiger partial charge in [-0.05, 0) is 103 Å². The molecule has 13 heteroatoms. The molecule has 0 spiro atoms. The predicted octanol–water partition coefficient (Wildman–Crippen LogP) is 20.5. The topological polar surface area (TPSA) is 76.0 Å². The van der Waals surface area contributed by atoms with Crippen LogP contribution in [0.5, 0.6) is 5.06 Å². The molecule has 2 atom stereocenters. The van der Waals surface area contributed by atoms with Crippen LogP contribution in [0, 0.1) is 0 Å². The normalized spacial score (nSPS) is 13.7. The predicted molar refractivity (Wildman–Crippen MR) is 334 cm³/mol. The summed E-state index contributed by atoms with van der Waals surface area (Å²) in [7, 11) is 1.72. The van der Waals surface area contributed by atoms with E-state index >= 15 is 0 Å². The molecule has 1 saturated heterocycles. The van der Waals surface area contributed by atoms with E-state index in [1.54, 1.807) is 63.8 Å². The van der Waals surface area contributed by atoms with Crippen LogP contribution < -0.4 is 4.74 Å². The second-order valence-electron chi connectivity index (χ2n) is 19.7. The summed E-state index contributed by atoms with van der Waals surface area (Å²) in [6.45, 7) is 6.51. The van der Waals surface area contributed by atoms with Crippen molar-refractivity contribution in [3.05, 3.63) is 134 Å². The van der Waals surface area contributed by atoms with Crippen LogP contribution >= 0.6 is 90.7 Å². The summed E-state index contributed by atoms with van der Waals surface area (Å²) in [5, 5.41) is 28.5. The fourth-order valence-electron chi connectivity index (χ4n) is 10.1. The molecule has 0 radical (unpaired) electrons. The van der Waals surface area contributed by atoms with Crippen LogP contribution in [0.2, 0.25) is 0 Å². The van der Waals surface area contributed by atoms with Crippen LogP contribution in [0.4, 0.5) is 0 Å². The number of aldehydes is 1. The Kier molecular flexibility index (Phi) is 17.1. The van der Waals surface area contributed by atoms with E-state index < -0.39 is 12.2 Å². The molecule has 0 saturated carbocycles. The molecule has 4 aromatic carbocycles. The largest absolute Gasteiger partial charge is 0.487 e. The van der Waals surface area contributed by atoms with Crippen LogP contribution in [0.15, 0.2) is 97.1 Å². The van der Waals surface area contributed by atoms with Crippen molar-refractivity contribution < 1.29 is 24.5 Å². The summed E-state index contributed by atoms with van der Waals surface area (Å²) in [5.41, 5.74) is 5.18. The number of methoxy groups -OCH3 is 1. The van der Waals surface area contributed by atoms with E-state index in [0.29, 0.717) is 12.8 Å². The van der Waals surface area contributed by atoms with Crippen molar-refractivity contribution in [2.75, 3.05) is 20.3 Å². The number of thiophene rings is 8. The lowest BCUT2D eigenvalue weighted by atomic mass is 10.0. The van der Waals surface area contributed by atoms with Crippen molar-refractivity contribution in [2.24, 2.45) is 0 Å². The van der Waals surface area contributed by atoms with Gasteiger partial charge in [0.1, 0.15) is 0 Å². The maximum Gasteiger partial charge on any atom is 0.175 e. The van der Waals surface area contributed by atoms with Gasteiger partial charge in [0.15, 0.2) is 11.3 Å². The third-order valence-electron chi connectivity index (χ3n) is 14.2. The molecule has 1 fully saturated rings. The fourth-order valence-corrected chi connectivity index (χ4v) is 19.8. The lowest BCUT2D eigenvalue weighted by Gasteiger charge is -2.09. The van der Waals surface area contributed by atoms with E-state index in [4.69, 9.17) is 9.47 Å². The first kappa shape index (κ1) is 52.9. The van der Waals surface area contributed by atoms with Crippen molar-refractivity contribution in [2.45, 2.75) is 116 Å². The summed E-state index contributed by atoms with van der Waals surface area (Å²) >= 11 is 14.0. The number of unbranched alkanes of at least 4 members (excludes halogenated alkanes) is 6. The monoisotopic (exact) mass is 1140 g/mol. The van der Waals surface area contributed by atoms with Gasteiger partial charge < -0.3 is 19.7 Å². The van der Waals surface area contributed by atoms with Crippen molar-refractivity contribution in [1.82, 2.24) is 0 Å². The average molecular weight is 1140 g/mol. The van der Waals surface area contributed by atoms with Gasteiger partial charge in [0.2, 0.25) is 0 Å². The molecule has 1 aliphatic heterocycles. The van der Waals surface area contributed by atoms with E-state index in [-0.39, 0.29) is 0 Å². The molecule has 8 aromatic heterocycles. The van der Waals surface area contributed by atoms with Crippen LogP contribution in [0.25, 0.3) is 77.9 Å². The molecule has 12 aromatic rings. The van der Waals surface area contributed by atoms with Gasteiger partial charge in [0.05, 0.1) is 47.7 Å². The minimum absolute atomic E-state index is 0.491. The molecule has 9 heterocycles. The number of hydrogen-bond acceptors (Lipinski definition) is 13. The Labute approximate surface area is 470 Å². The number of rotatable bonds is 18. The zero-order chi connectivity index (χ0) is 51.4. The minimum Gasteiger partial charge on any atom is -0.487 e. The maximum absolute atomic E-state index is 11.2. The Morgan fingerprint density at radius 3 is 1.28 bits per heavy atom. The minimum atomic E-state index is -0.491. The van der Waals surface area contributed by atoms with Crippen LogP contribution in [-0.4, -0.2) is 36.8 Å². The van der Waals surface area contributed by atoms with Crippen LogP contribution in [0.1, 0.15) is 132 Å². The second-order valence-corrected chi connectivity index (χ2v) is 28.3. The number of aryl methyl sites for hydroxylation is 2. The molecule has 2 unspecified atom stereocenters. The molecule has 75 heavy (non-hydrogen) atoms. The van der Waals surface area contributed by atoms with E-state index in [2.05, 4.69) is 105 Å². The van der Waals surface area contributed by atoms with Gasteiger partial charge in [0, 0.05) is 96.3 Å². The number of aliphatic hydroxyl groups is 2. The number of carbonyl (C=O) groups excluding carboxylic acids is 1. The SMILES string of the molecule is C1CCOC1.CCCCCCc1ccc(CC(O)c2cc3sc4cc5c(cc4c3s2)sc2cc(C(O)Cc3ccc(CCCCCC)cc3)sc25)cc1.COc1cc2sc3cc4c(cc3c2s1)sc1cc(C=O)sc14. The molecule has 5 nitrogen and oxygen atoms in total. The Balaban J connectivity index is 0.000000181. The smallest absolute Gasteiger partial charge is 0.175 e. The summed E-state index contributed by atoms with van der Waals surface area (Å²) in [6, 6.07) is 35.5. The van der Waals surface area contributed by atoms with Crippen LogP contribution in [-0.2, 0) is 30.4 Å². The van der Waals surface area contributed by atoms with Gasteiger partial charge in [-0.15, -0.1) is 79.4 Å². The zero-order valence-electron chi connectivity index (χ0n) is 42.7. The van der Waals surface area contributed by atoms with Gasteiger partial charge in [-0.2, -0.15) is 0 Å². The van der Waals surface area contributed by atoms with E-state index in [1.807, 2.05) is 40.1 Å². The van der Waals surface area contributed by atoms with Gasteiger partial charge in [0.25, 0.3) is 0 Å². The standard InChI is InChI=1S/C42H46O2S4.C16H8O2S4.C4H8O/c1-3-5-7-9-11-27-13-17-29(18-14-27)21-33(43)37-25-39-41(47-37)31-23-36-32(24-35(31)45-39)42-40(46-36)26-38(48-42)34(44)22-30-19-15-28(16-20-30)12-10-8-6-4-2;1-18-14-5-13-16(22-14)9-4-10-8(3-11(9)21-13)15-12(20-10)2-7(6-17)19-15;1-2-4-5-3-1/h13-20,23-26,33-34,43-44H,3-12,21-22H2,1-2H3;2-6H,1H3;1-4H2. The number of ether oxygens (including phenoxy) is 2. The molecular weight excluding hydrogens is 1080 g/mol. The Morgan fingerprint density at radius 2 is 0.880 bits per heavy atom. The highest BCUT2D eigenvalue weighted by Crippen LogP contribution is 2.49. The molecule has 0 aliphatic carbocycles. The van der Waals surface area contributed by atoms with Crippen molar-refractivity contribution >= 4 is 175 Å². The van der Waals surface area contributed by atoms with Gasteiger partial charge in [-0.1, -0.05) is 112 Å². The molecule has 1 aliphatic rings. The second kappa shape index (κ2) is 24.3. The first-order chi connectivity index (χ1) is 36.7. The quantitative estimate of drug-likeness (QED) is 0.0661. The van der Waals surface area contributed by atoms with Crippen molar-refractivity contribution in [3.63, 3.8) is 0 Å². The molecule has 0 amide bonds. The van der Waals surface area contributed by atoms with Crippen molar-refractivity contribution in [1.29, 1.82) is 0 Å². The average Bonchev–Trinajstić information content (AvgIpc) is 4.29. The highest BCUT2D eigenvalue weighted by Gasteiger charge is 2.21. The maximum atomic E-state index is 11.2. The summed E-state index contributed by atoms with van der Waals surface area (Å²) < 4.78 is 25.6. The first-order valence-electron chi connectivity index (χ1n) is 26.5. The number of fused-ring (bicyclic) bond motifs is 12. The Hall–Kier alpha value is -4.09. The Morgan fingerprint density at radius 1 is 0.480 bits per heavy atom. The highest BCUT2D eigenvalue weighted by molar-refractivity contribution is 7.36. The third kappa shape index (κ3) is 11.9. The number of aliphatic hydroxyl groups excluding tert-OH is 2. The van der Waals surface area contributed by atoms with Crippen LogP contribution in [0.3, 0.4) is 0 Å². The van der Waals surface area contributed by atoms with E-state index in [9.17, 15) is 15.0 Å². The third-order valence-corrected chi connectivity index (χ3v) is 23.9. The fraction of sp³-hybridized carbons (Fsp3) is 0.339. The van der Waals surface area contributed by atoms with Gasteiger partial charge in [-0.3, -0.25) is 4.79 Å². The number of benzene rings is 4. The molecular formula is C62H62O5S8. The lowest BCUT2D eigenvalue weighted by molar-refractivity contribution is 0.112. The summed E-state index contributed by atoms with van der Waals surface area (Å²) in [4.78, 5) is 13.9. The molecule has 2 N–H and O–H groups in total. The molecule has 388 valence electrons. The van der Waals surface area contributed by atoms with Gasteiger partial charge >= 0.3 is 0 Å². The van der Waals surface area contributed by atoms with E-state index in [1.165, 1.54) is 164 Å². The number of carbonyl (C=O) groups is 1. The van der Waals surface area contributed by atoms with Gasteiger partial charge in [-0.25, -0.2) is 0 Å². The number of hydrogen-bond donors (Lipinski definition) is 2. The molecule has 0 bridgehead atoms. The highest BCUT2D eigenvalue weighted by atomic mass is 32.1. The Bertz CT molecular complexity index is 3690. The zero-order valence-corrected chi connectivity index (χ0v) is 49.2. The lowest BCUT2D eigenvalue weighted by Crippen LogP contribution is -1.99. The van der Waals surface area contributed by atoms with Crippen molar-refractivity contribution in [3.8, 4) is 5.06 Å². The summed E-state index contributed by atoms with van der Waals surface area (Å²) in [5.74, 6) is 0. The summed E-state index contributed by atoms with van der Waals surface area (Å²) in [6.07, 6.45) is 16.4. The first-order valence-corrected chi connectivity index (χ1v) is 33.0.